The monoisotopic (exact) mass is 475 g/mol. The van der Waals surface area contributed by atoms with Crippen molar-refractivity contribution >= 4 is 29.9 Å². The Labute approximate surface area is 175 Å². The first kappa shape index (κ1) is 23.2. The molecule has 2 rings (SSSR count). The molecule has 1 aliphatic heterocycles. The van der Waals surface area contributed by atoms with E-state index in [-0.39, 0.29) is 29.4 Å². The first-order chi connectivity index (χ1) is 12.3. The summed E-state index contributed by atoms with van der Waals surface area (Å²) in [5, 5.41) is 6.94. The van der Waals surface area contributed by atoms with Gasteiger partial charge in [0.15, 0.2) is 5.96 Å². The number of nitrogens with one attached hydrogen (secondary N) is 2. The molecule has 1 aromatic rings. The van der Waals surface area contributed by atoms with Gasteiger partial charge in [-0.2, -0.15) is 0 Å². The Hall–Kier alpha value is -0.860. The fourth-order valence-corrected chi connectivity index (χ4v) is 3.28. The highest BCUT2D eigenvalue weighted by Gasteiger charge is 2.34. The maximum atomic E-state index is 5.61. The molecule has 1 aromatic carbocycles. The summed E-state index contributed by atoms with van der Waals surface area (Å²) >= 11 is 0. The van der Waals surface area contributed by atoms with Crippen LogP contribution in [-0.2, 0) is 14.9 Å². The van der Waals surface area contributed by atoms with E-state index in [2.05, 4.69) is 46.0 Å². The van der Waals surface area contributed by atoms with Gasteiger partial charge >= 0.3 is 0 Å². The minimum absolute atomic E-state index is 0. The maximum absolute atomic E-state index is 5.61. The Morgan fingerprint density at radius 3 is 2.54 bits per heavy atom. The molecule has 148 valence electrons. The van der Waals surface area contributed by atoms with Crippen LogP contribution in [0.5, 0.6) is 0 Å². The lowest BCUT2D eigenvalue weighted by molar-refractivity contribution is 0.0514. The molecule has 26 heavy (non-hydrogen) atoms. The number of benzene rings is 1. The topological polar surface area (TPSA) is 54.9 Å². The number of unbranched alkanes of at least 4 members (excludes halogenated alkanes) is 1. The second-order valence-corrected chi connectivity index (χ2v) is 6.52. The van der Waals surface area contributed by atoms with Crippen molar-refractivity contribution in [2.75, 3.05) is 46.6 Å². The van der Waals surface area contributed by atoms with Gasteiger partial charge < -0.3 is 20.1 Å². The Kier molecular flexibility index (Phi) is 11.9. The number of halogens is 1. The molecule has 0 unspecified atom stereocenters. The number of nitrogens with zero attached hydrogens (tertiary/aromatic N) is 1. The Morgan fingerprint density at radius 2 is 1.88 bits per heavy atom. The van der Waals surface area contributed by atoms with E-state index in [1.807, 2.05) is 14.0 Å². The average Bonchev–Trinajstić information content (AvgIpc) is 2.68. The van der Waals surface area contributed by atoms with Crippen molar-refractivity contribution in [1.82, 2.24) is 10.6 Å². The number of ether oxygens (including phenoxy) is 2. The second kappa shape index (κ2) is 13.3. The van der Waals surface area contributed by atoms with E-state index in [9.17, 15) is 0 Å². The summed E-state index contributed by atoms with van der Waals surface area (Å²) in [7, 11) is 1.83. The first-order valence-electron chi connectivity index (χ1n) is 9.46. The van der Waals surface area contributed by atoms with Crippen LogP contribution in [0.1, 0.15) is 38.2 Å². The molecule has 5 nitrogen and oxygen atoms in total. The Bertz CT molecular complexity index is 505. The molecule has 1 fully saturated rings. The number of rotatable bonds is 9. The van der Waals surface area contributed by atoms with Gasteiger partial charge in [0.2, 0.25) is 0 Å². The van der Waals surface area contributed by atoms with Crippen LogP contribution < -0.4 is 10.6 Å². The third kappa shape index (κ3) is 7.40. The van der Waals surface area contributed by atoms with E-state index < -0.39 is 0 Å². The smallest absolute Gasteiger partial charge is 0.191 e. The van der Waals surface area contributed by atoms with Gasteiger partial charge in [-0.1, -0.05) is 30.3 Å². The summed E-state index contributed by atoms with van der Waals surface area (Å²) in [4.78, 5) is 4.36. The highest BCUT2D eigenvalue weighted by atomic mass is 127. The van der Waals surface area contributed by atoms with Crippen LogP contribution in [0, 0.1) is 0 Å². The Balaban J connectivity index is 0.00000338. The highest BCUT2D eigenvalue weighted by Crippen LogP contribution is 2.34. The Morgan fingerprint density at radius 1 is 1.15 bits per heavy atom. The molecule has 6 heteroatoms. The van der Waals surface area contributed by atoms with Crippen molar-refractivity contribution in [2.24, 2.45) is 4.99 Å². The molecule has 1 saturated heterocycles. The zero-order valence-corrected chi connectivity index (χ0v) is 18.5. The molecule has 0 amide bonds. The summed E-state index contributed by atoms with van der Waals surface area (Å²) in [6.07, 6.45) is 4.23. The second-order valence-electron chi connectivity index (χ2n) is 6.52. The van der Waals surface area contributed by atoms with Gasteiger partial charge in [0.25, 0.3) is 0 Å². The van der Waals surface area contributed by atoms with Gasteiger partial charge in [-0.3, -0.25) is 4.99 Å². The van der Waals surface area contributed by atoms with Gasteiger partial charge in [0.05, 0.1) is 0 Å². The molecule has 0 bridgehead atoms. The van der Waals surface area contributed by atoms with Gasteiger partial charge in [-0.25, -0.2) is 0 Å². The normalized spacial score (nSPS) is 16.6. The van der Waals surface area contributed by atoms with Crippen molar-refractivity contribution in [3.05, 3.63) is 35.9 Å². The van der Waals surface area contributed by atoms with Crippen molar-refractivity contribution < 1.29 is 9.47 Å². The molecular formula is C20H34IN3O2. The summed E-state index contributed by atoms with van der Waals surface area (Å²) in [5.41, 5.74) is 1.50. The molecule has 0 radical (unpaired) electrons. The number of aliphatic imine (C=N–C) groups is 1. The highest BCUT2D eigenvalue weighted by molar-refractivity contribution is 14.0. The molecule has 0 spiro atoms. The average molecular weight is 475 g/mol. The fraction of sp³-hybridized carbons (Fsp3) is 0.650. The zero-order chi connectivity index (χ0) is 17.8. The molecule has 0 saturated carbocycles. The molecule has 0 aliphatic carbocycles. The van der Waals surface area contributed by atoms with Gasteiger partial charge in [0.1, 0.15) is 0 Å². The van der Waals surface area contributed by atoms with Crippen LogP contribution in [0.3, 0.4) is 0 Å². The summed E-state index contributed by atoms with van der Waals surface area (Å²) in [6, 6.07) is 10.8. The molecule has 1 heterocycles. The number of guanidine groups is 1. The SMILES string of the molecule is CCOCCCCNC(=NC)NCC1(c2ccccc2)CCOCC1.I. The van der Waals surface area contributed by atoms with Crippen LogP contribution in [0.4, 0.5) is 0 Å². The third-order valence-corrected chi connectivity index (χ3v) is 4.87. The van der Waals surface area contributed by atoms with E-state index in [0.29, 0.717) is 0 Å². The predicted molar refractivity (Wildman–Crippen MR) is 119 cm³/mol. The van der Waals surface area contributed by atoms with E-state index in [0.717, 1.165) is 71.2 Å². The van der Waals surface area contributed by atoms with Gasteiger partial charge in [-0.15, -0.1) is 24.0 Å². The van der Waals surface area contributed by atoms with E-state index in [1.54, 1.807) is 0 Å². The standard InChI is InChI=1S/C20H33N3O2.HI/c1-3-24-14-8-7-13-22-19(21-2)23-17-20(11-15-25-16-12-20)18-9-5-4-6-10-18;/h4-6,9-10H,3,7-8,11-17H2,1-2H3,(H2,21,22,23);1H. The lowest BCUT2D eigenvalue weighted by Crippen LogP contribution is -2.48. The van der Waals surface area contributed by atoms with Gasteiger partial charge in [0, 0.05) is 52.0 Å². The summed E-state index contributed by atoms with van der Waals surface area (Å²) < 4.78 is 11.0. The van der Waals surface area contributed by atoms with Crippen molar-refractivity contribution in [3.63, 3.8) is 0 Å². The predicted octanol–water partition coefficient (Wildman–Crippen LogP) is 3.33. The lowest BCUT2D eigenvalue weighted by Gasteiger charge is -2.38. The summed E-state index contributed by atoms with van der Waals surface area (Å²) in [6.45, 7) is 7.08. The molecule has 0 atom stereocenters. The van der Waals surface area contributed by atoms with Gasteiger partial charge in [-0.05, 0) is 38.2 Å². The quantitative estimate of drug-likeness (QED) is 0.249. The van der Waals surface area contributed by atoms with Crippen LogP contribution >= 0.6 is 24.0 Å². The van der Waals surface area contributed by atoms with E-state index in [1.165, 1.54) is 5.56 Å². The fourth-order valence-electron chi connectivity index (χ4n) is 3.28. The third-order valence-electron chi connectivity index (χ3n) is 4.87. The van der Waals surface area contributed by atoms with Crippen LogP contribution in [-0.4, -0.2) is 52.5 Å². The van der Waals surface area contributed by atoms with E-state index >= 15 is 0 Å². The number of hydrogen-bond donors (Lipinski definition) is 2. The van der Waals surface area contributed by atoms with Crippen molar-refractivity contribution in [2.45, 2.75) is 38.0 Å². The molecule has 0 aromatic heterocycles. The first-order valence-corrected chi connectivity index (χ1v) is 9.46. The molecular weight excluding hydrogens is 441 g/mol. The minimum Gasteiger partial charge on any atom is -0.382 e. The molecule has 2 N–H and O–H groups in total. The van der Waals surface area contributed by atoms with Crippen molar-refractivity contribution in [1.29, 1.82) is 0 Å². The molecule has 1 aliphatic rings. The van der Waals surface area contributed by atoms with Crippen LogP contribution in [0.15, 0.2) is 35.3 Å². The minimum atomic E-state index is 0. The van der Waals surface area contributed by atoms with Crippen LogP contribution in [0.2, 0.25) is 0 Å². The largest absolute Gasteiger partial charge is 0.382 e. The summed E-state index contributed by atoms with van der Waals surface area (Å²) in [5.74, 6) is 0.873. The zero-order valence-electron chi connectivity index (χ0n) is 16.1. The van der Waals surface area contributed by atoms with Crippen molar-refractivity contribution in [3.8, 4) is 0 Å². The maximum Gasteiger partial charge on any atom is 0.191 e. The number of hydrogen-bond acceptors (Lipinski definition) is 3. The van der Waals surface area contributed by atoms with E-state index in [4.69, 9.17) is 9.47 Å². The van der Waals surface area contributed by atoms with Crippen LogP contribution in [0.25, 0.3) is 0 Å². The lowest BCUT2D eigenvalue weighted by atomic mass is 9.74.